The normalized spacial score (nSPS) is 29.7. The zero-order chi connectivity index (χ0) is 11.2. The van der Waals surface area contributed by atoms with E-state index in [-0.39, 0.29) is 29.1 Å². The van der Waals surface area contributed by atoms with Crippen LogP contribution in [0.15, 0.2) is 0 Å². The SMILES string of the molecule is CC(C)(CN)CCN1C(=O)C2CC2C1=O. The van der Waals surface area contributed by atoms with Gasteiger partial charge in [0.15, 0.2) is 0 Å². The van der Waals surface area contributed by atoms with Crippen molar-refractivity contribution in [3.05, 3.63) is 0 Å². The lowest BCUT2D eigenvalue weighted by Crippen LogP contribution is -2.37. The van der Waals surface area contributed by atoms with Crippen LogP contribution in [0.5, 0.6) is 0 Å². The maximum absolute atomic E-state index is 11.6. The average molecular weight is 210 g/mol. The topological polar surface area (TPSA) is 63.4 Å². The van der Waals surface area contributed by atoms with Crippen LogP contribution in [-0.2, 0) is 9.59 Å². The van der Waals surface area contributed by atoms with E-state index in [4.69, 9.17) is 5.73 Å². The number of likely N-dealkylation sites (tertiary alicyclic amines) is 1. The molecule has 15 heavy (non-hydrogen) atoms. The Kier molecular flexibility index (Phi) is 2.34. The van der Waals surface area contributed by atoms with Crippen LogP contribution in [0.3, 0.4) is 0 Å². The molecule has 1 aliphatic heterocycles. The predicted octanol–water partition coefficient (Wildman–Crippen LogP) is 0.366. The smallest absolute Gasteiger partial charge is 0.233 e. The summed E-state index contributed by atoms with van der Waals surface area (Å²) in [6.45, 7) is 5.22. The molecule has 1 saturated heterocycles. The summed E-state index contributed by atoms with van der Waals surface area (Å²) >= 11 is 0. The first-order valence-corrected chi connectivity index (χ1v) is 5.51. The molecule has 4 nitrogen and oxygen atoms in total. The van der Waals surface area contributed by atoms with Crippen molar-refractivity contribution in [3.8, 4) is 0 Å². The number of rotatable bonds is 4. The second-order valence-corrected chi connectivity index (χ2v) is 5.40. The van der Waals surface area contributed by atoms with Crippen LogP contribution in [0, 0.1) is 17.3 Å². The van der Waals surface area contributed by atoms with Gasteiger partial charge in [0.05, 0.1) is 11.8 Å². The van der Waals surface area contributed by atoms with E-state index in [2.05, 4.69) is 13.8 Å². The highest BCUT2D eigenvalue weighted by atomic mass is 16.2. The highest BCUT2D eigenvalue weighted by Crippen LogP contribution is 2.47. The third kappa shape index (κ3) is 1.78. The van der Waals surface area contributed by atoms with Crippen LogP contribution < -0.4 is 5.73 Å². The van der Waals surface area contributed by atoms with Gasteiger partial charge in [-0.2, -0.15) is 0 Å². The Labute approximate surface area is 89.8 Å². The number of piperidine rings is 1. The zero-order valence-electron chi connectivity index (χ0n) is 9.32. The molecule has 1 heterocycles. The number of hydrogen-bond donors (Lipinski definition) is 1. The number of carbonyl (C=O) groups excluding carboxylic acids is 2. The number of amides is 2. The Morgan fingerprint density at radius 1 is 1.33 bits per heavy atom. The van der Waals surface area contributed by atoms with E-state index in [9.17, 15) is 9.59 Å². The Balaban J connectivity index is 1.91. The molecular formula is C11H18N2O2. The summed E-state index contributed by atoms with van der Waals surface area (Å²) in [6.07, 6.45) is 1.58. The number of carbonyl (C=O) groups is 2. The Bertz CT molecular complexity index is 292. The van der Waals surface area contributed by atoms with Gasteiger partial charge in [0.1, 0.15) is 0 Å². The fraction of sp³-hybridized carbons (Fsp3) is 0.818. The van der Waals surface area contributed by atoms with Crippen molar-refractivity contribution in [2.45, 2.75) is 26.7 Å². The van der Waals surface area contributed by atoms with Crippen LogP contribution in [0.4, 0.5) is 0 Å². The van der Waals surface area contributed by atoms with Gasteiger partial charge in [0, 0.05) is 6.54 Å². The highest BCUT2D eigenvalue weighted by molar-refractivity contribution is 6.08. The van der Waals surface area contributed by atoms with E-state index in [1.54, 1.807) is 0 Å². The van der Waals surface area contributed by atoms with E-state index in [1.165, 1.54) is 4.90 Å². The van der Waals surface area contributed by atoms with Gasteiger partial charge in [-0.3, -0.25) is 14.5 Å². The molecule has 0 aromatic rings. The summed E-state index contributed by atoms with van der Waals surface area (Å²) in [5.74, 6) is 0.132. The molecule has 0 bridgehead atoms. The average Bonchev–Trinajstić information content (AvgIpc) is 2.92. The van der Waals surface area contributed by atoms with Gasteiger partial charge in [0.2, 0.25) is 11.8 Å². The molecule has 2 aliphatic rings. The van der Waals surface area contributed by atoms with Gasteiger partial charge in [-0.25, -0.2) is 0 Å². The summed E-state index contributed by atoms with van der Waals surface area (Å²) in [5.41, 5.74) is 5.62. The van der Waals surface area contributed by atoms with Crippen molar-refractivity contribution in [2.75, 3.05) is 13.1 Å². The quantitative estimate of drug-likeness (QED) is 0.682. The number of imide groups is 1. The molecule has 2 rings (SSSR count). The predicted molar refractivity (Wildman–Crippen MR) is 55.8 cm³/mol. The molecule has 0 aromatic carbocycles. The number of nitrogens with zero attached hydrogens (tertiary/aromatic N) is 1. The van der Waals surface area contributed by atoms with Crippen molar-refractivity contribution >= 4 is 11.8 Å². The van der Waals surface area contributed by atoms with Crippen LogP contribution in [-0.4, -0.2) is 29.8 Å². The standard InChI is InChI=1S/C11H18N2O2/c1-11(2,6-12)3-4-13-9(14)7-5-8(7)10(13)15/h7-8H,3-6,12H2,1-2H3. The minimum atomic E-state index is 0.00728. The van der Waals surface area contributed by atoms with Crippen LogP contribution in [0.25, 0.3) is 0 Å². The first kappa shape index (κ1) is 10.6. The van der Waals surface area contributed by atoms with Crippen LogP contribution in [0.2, 0.25) is 0 Å². The Hall–Kier alpha value is -0.900. The molecule has 1 aliphatic carbocycles. The van der Waals surface area contributed by atoms with Crippen molar-refractivity contribution in [1.82, 2.24) is 4.90 Å². The first-order valence-electron chi connectivity index (χ1n) is 5.51. The van der Waals surface area contributed by atoms with Gasteiger partial charge in [0.25, 0.3) is 0 Å². The maximum Gasteiger partial charge on any atom is 0.233 e. The summed E-state index contributed by atoms with van der Waals surface area (Å²) in [4.78, 5) is 24.7. The van der Waals surface area contributed by atoms with Crippen molar-refractivity contribution in [2.24, 2.45) is 23.0 Å². The molecule has 1 saturated carbocycles. The molecule has 2 N–H and O–H groups in total. The molecule has 2 atom stereocenters. The van der Waals surface area contributed by atoms with E-state index < -0.39 is 0 Å². The molecular weight excluding hydrogens is 192 g/mol. The van der Waals surface area contributed by atoms with Crippen LogP contribution >= 0.6 is 0 Å². The second-order valence-electron chi connectivity index (χ2n) is 5.40. The molecule has 2 fully saturated rings. The molecule has 4 heteroatoms. The third-order valence-corrected chi connectivity index (χ3v) is 3.52. The van der Waals surface area contributed by atoms with E-state index >= 15 is 0 Å². The molecule has 2 amide bonds. The Morgan fingerprint density at radius 2 is 1.87 bits per heavy atom. The summed E-state index contributed by atoms with van der Waals surface area (Å²) < 4.78 is 0. The van der Waals surface area contributed by atoms with E-state index in [0.717, 1.165) is 12.8 Å². The minimum Gasteiger partial charge on any atom is -0.330 e. The second kappa shape index (κ2) is 3.30. The molecule has 0 radical (unpaired) electrons. The van der Waals surface area contributed by atoms with Gasteiger partial charge in [-0.1, -0.05) is 13.8 Å². The number of fused-ring (bicyclic) bond motifs is 1. The van der Waals surface area contributed by atoms with Gasteiger partial charge in [-0.05, 0) is 24.8 Å². The monoisotopic (exact) mass is 210 g/mol. The van der Waals surface area contributed by atoms with E-state index in [0.29, 0.717) is 13.1 Å². The van der Waals surface area contributed by atoms with Crippen molar-refractivity contribution in [3.63, 3.8) is 0 Å². The molecule has 2 unspecified atom stereocenters. The summed E-state index contributed by atoms with van der Waals surface area (Å²) in [6, 6.07) is 0. The highest BCUT2D eigenvalue weighted by Gasteiger charge is 2.58. The lowest BCUT2D eigenvalue weighted by Gasteiger charge is -2.25. The Morgan fingerprint density at radius 3 is 2.33 bits per heavy atom. The van der Waals surface area contributed by atoms with Crippen molar-refractivity contribution < 1.29 is 9.59 Å². The maximum atomic E-state index is 11.6. The van der Waals surface area contributed by atoms with Crippen molar-refractivity contribution in [1.29, 1.82) is 0 Å². The largest absolute Gasteiger partial charge is 0.330 e. The lowest BCUT2D eigenvalue weighted by molar-refractivity contribution is -0.141. The molecule has 0 aromatic heterocycles. The summed E-state index contributed by atoms with van der Waals surface area (Å²) in [5, 5.41) is 0. The van der Waals surface area contributed by atoms with Gasteiger partial charge < -0.3 is 5.73 Å². The zero-order valence-corrected chi connectivity index (χ0v) is 9.32. The van der Waals surface area contributed by atoms with Crippen LogP contribution in [0.1, 0.15) is 26.7 Å². The fourth-order valence-electron chi connectivity index (χ4n) is 1.99. The third-order valence-electron chi connectivity index (χ3n) is 3.52. The van der Waals surface area contributed by atoms with E-state index in [1.807, 2.05) is 0 Å². The number of nitrogens with two attached hydrogens (primary N) is 1. The molecule has 84 valence electrons. The lowest BCUT2D eigenvalue weighted by atomic mass is 9.89. The molecule has 0 spiro atoms. The first-order chi connectivity index (χ1) is 6.96. The van der Waals surface area contributed by atoms with Gasteiger partial charge in [-0.15, -0.1) is 0 Å². The minimum absolute atomic E-state index is 0.00728. The fourth-order valence-corrected chi connectivity index (χ4v) is 1.99. The number of hydrogen-bond acceptors (Lipinski definition) is 3. The summed E-state index contributed by atoms with van der Waals surface area (Å²) in [7, 11) is 0. The van der Waals surface area contributed by atoms with Gasteiger partial charge >= 0.3 is 0 Å².